The summed E-state index contributed by atoms with van der Waals surface area (Å²) in [4.78, 5) is 0. The van der Waals surface area contributed by atoms with E-state index >= 15 is 0 Å². The smallest absolute Gasteiger partial charge is 0.123 e. The molecule has 0 saturated carbocycles. The number of ether oxygens (including phenoxy) is 1. The second-order valence-electron chi connectivity index (χ2n) is 5.76. The Bertz CT molecular complexity index is 389. The maximum Gasteiger partial charge on any atom is 0.123 e. The van der Waals surface area contributed by atoms with Crippen LogP contribution in [-0.4, -0.2) is 13.2 Å². The van der Waals surface area contributed by atoms with Crippen molar-refractivity contribution in [2.45, 2.75) is 71.9 Å². The Morgan fingerprint density at radius 1 is 1.15 bits per heavy atom. The summed E-state index contributed by atoms with van der Waals surface area (Å²) in [7, 11) is 1.75. The van der Waals surface area contributed by atoms with E-state index in [2.05, 4.69) is 51.2 Å². The average Bonchev–Trinajstić information content (AvgIpc) is 2.44. The van der Waals surface area contributed by atoms with Crippen molar-refractivity contribution in [2.75, 3.05) is 7.11 Å². The van der Waals surface area contributed by atoms with Gasteiger partial charge in [0.05, 0.1) is 7.11 Å². The number of nitrogens with one attached hydrogen (secondary N) is 1. The van der Waals surface area contributed by atoms with Crippen molar-refractivity contribution in [1.29, 1.82) is 0 Å². The van der Waals surface area contributed by atoms with Crippen LogP contribution in [0, 0.1) is 6.92 Å². The first-order valence-corrected chi connectivity index (χ1v) is 8.02. The Labute approximate surface area is 124 Å². The van der Waals surface area contributed by atoms with Gasteiger partial charge in [0.2, 0.25) is 0 Å². The number of hydrogen-bond donors (Lipinski definition) is 1. The summed E-state index contributed by atoms with van der Waals surface area (Å²) in [6.07, 6.45) is 6.32. The molecule has 2 nitrogen and oxygen atoms in total. The highest BCUT2D eigenvalue weighted by Gasteiger charge is 2.15. The van der Waals surface area contributed by atoms with Crippen LogP contribution in [0.1, 0.15) is 70.0 Å². The minimum Gasteiger partial charge on any atom is -0.496 e. The first-order chi connectivity index (χ1) is 9.62. The molecule has 0 amide bonds. The van der Waals surface area contributed by atoms with Crippen LogP contribution in [0.3, 0.4) is 0 Å². The molecule has 0 saturated heterocycles. The second kappa shape index (κ2) is 9.02. The predicted molar refractivity (Wildman–Crippen MR) is 87.5 cm³/mol. The molecule has 0 heterocycles. The van der Waals surface area contributed by atoms with Gasteiger partial charge in [-0.25, -0.2) is 0 Å². The van der Waals surface area contributed by atoms with Crippen LogP contribution in [0.2, 0.25) is 0 Å². The summed E-state index contributed by atoms with van der Waals surface area (Å²) in [6.45, 7) is 8.90. The van der Waals surface area contributed by atoms with Gasteiger partial charge in [-0.1, -0.05) is 50.8 Å². The van der Waals surface area contributed by atoms with Crippen LogP contribution in [0.25, 0.3) is 0 Å². The predicted octanol–water partition coefficient (Wildman–Crippen LogP) is 5.01. The van der Waals surface area contributed by atoms with Gasteiger partial charge in [0.25, 0.3) is 0 Å². The van der Waals surface area contributed by atoms with Crippen molar-refractivity contribution in [3.63, 3.8) is 0 Å². The molecule has 1 N–H and O–H groups in total. The number of aryl methyl sites for hydroxylation is 1. The Balaban J connectivity index is 2.76. The molecule has 0 aliphatic carbocycles. The monoisotopic (exact) mass is 277 g/mol. The van der Waals surface area contributed by atoms with Crippen molar-refractivity contribution in [3.05, 3.63) is 29.3 Å². The van der Waals surface area contributed by atoms with Gasteiger partial charge in [-0.05, 0) is 32.8 Å². The summed E-state index contributed by atoms with van der Waals surface area (Å²) in [5.41, 5.74) is 2.56. The number of benzene rings is 1. The Morgan fingerprint density at radius 3 is 2.50 bits per heavy atom. The molecule has 2 unspecified atom stereocenters. The van der Waals surface area contributed by atoms with Crippen molar-refractivity contribution in [2.24, 2.45) is 0 Å². The first kappa shape index (κ1) is 17.0. The van der Waals surface area contributed by atoms with Gasteiger partial charge in [0.15, 0.2) is 0 Å². The largest absolute Gasteiger partial charge is 0.496 e. The minimum atomic E-state index is 0.332. The lowest BCUT2D eigenvalue weighted by Gasteiger charge is -2.25. The lowest BCUT2D eigenvalue weighted by atomic mass is 10.00. The zero-order chi connectivity index (χ0) is 15.0. The van der Waals surface area contributed by atoms with E-state index in [0.29, 0.717) is 12.1 Å². The molecule has 20 heavy (non-hydrogen) atoms. The molecule has 0 aliphatic rings. The summed E-state index contributed by atoms with van der Waals surface area (Å²) >= 11 is 0. The lowest BCUT2D eigenvalue weighted by molar-refractivity contribution is 0.373. The van der Waals surface area contributed by atoms with Crippen LogP contribution in [-0.2, 0) is 0 Å². The van der Waals surface area contributed by atoms with Crippen molar-refractivity contribution < 1.29 is 4.74 Å². The van der Waals surface area contributed by atoms with E-state index in [0.717, 1.165) is 5.75 Å². The van der Waals surface area contributed by atoms with E-state index < -0.39 is 0 Å². The highest BCUT2D eigenvalue weighted by atomic mass is 16.5. The second-order valence-corrected chi connectivity index (χ2v) is 5.76. The van der Waals surface area contributed by atoms with Crippen LogP contribution < -0.4 is 10.1 Å². The maximum absolute atomic E-state index is 5.50. The standard InChI is InChI=1S/C18H31NO/c1-6-8-10-16(9-7-2)19-15(4)17-13-14(3)11-12-18(17)20-5/h11-13,15-16,19H,6-10H2,1-5H3. The molecule has 0 spiro atoms. The molecule has 1 rings (SSSR count). The Kier molecular flexibility index (Phi) is 7.68. The van der Waals surface area contributed by atoms with Crippen LogP contribution in [0.15, 0.2) is 18.2 Å². The molecule has 0 radical (unpaired) electrons. The van der Waals surface area contributed by atoms with Gasteiger partial charge in [0.1, 0.15) is 5.75 Å². The summed E-state index contributed by atoms with van der Waals surface area (Å²) in [6, 6.07) is 7.36. The molecule has 0 bridgehead atoms. The third kappa shape index (κ3) is 5.16. The lowest BCUT2D eigenvalue weighted by Crippen LogP contribution is -2.31. The van der Waals surface area contributed by atoms with E-state index in [1.807, 2.05) is 0 Å². The Hall–Kier alpha value is -1.02. The van der Waals surface area contributed by atoms with E-state index in [-0.39, 0.29) is 0 Å². The van der Waals surface area contributed by atoms with Crippen LogP contribution in [0.5, 0.6) is 5.75 Å². The third-order valence-electron chi connectivity index (χ3n) is 3.88. The van der Waals surface area contributed by atoms with E-state index in [1.54, 1.807) is 7.11 Å². The van der Waals surface area contributed by atoms with Gasteiger partial charge >= 0.3 is 0 Å². The van der Waals surface area contributed by atoms with Crippen molar-refractivity contribution >= 4 is 0 Å². The first-order valence-electron chi connectivity index (χ1n) is 8.02. The maximum atomic E-state index is 5.50. The van der Waals surface area contributed by atoms with Crippen LogP contribution >= 0.6 is 0 Å². The quantitative estimate of drug-likeness (QED) is 0.685. The van der Waals surface area contributed by atoms with E-state index in [4.69, 9.17) is 4.74 Å². The number of unbranched alkanes of at least 4 members (excludes halogenated alkanes) is 1. The van der Waals surface area contributed by atoms with Gasteiger partial charge in [-0.2, -0.15) is 0 Å². The molecular formula is C18H31NO. The zero-order valence-corrected chi connectivity index (χ0v) is 13.8. The van der Waals surface area contributed by atoms with E-state index in [9.17, 15) is 0 Å². The third-order valence-corrected chi connectivity index (χ3v) is 3.88. The number of methoxy groups -OCH3 is 1. The topological polar surface area (TPSA) is 21.3 Å². The van der Waals surface area contributed by atoms with Crippen LogP contribution in [0.4, 0.5) is 0 Å². The average molecular weight is 277 g/mol. The summed E-state index contributed by atoms with van der Waals surface area (Å²) in [5.74, 6) is 0.987. The summed E-state index contributed by atoms with van der Waals surface area (Å²) < 4.78 is 5.50. The SMILES string of the molecule is CCCCC(CCC)NC(C)c1cc(C)ccc1OC. The fourth-order valence-electron chi connectivity index (χ4n) is 2.75. The van der Waals surface area contributed by atoms with Gasteiger partial charge < -0.3 is 10.1 Å². The van der Waals surface area contributed by atoms with Gasteiger partial charge in [0, 0.05) is 17.6 Å². The molecule has 2 atom stereocenters. The highest BCUT2D eigenvalue weighted by Crippen LogP contribution is 2.27. The van der Waals surface area contributed by atoms with Crippen molar-refractivity contribution in [1.82, 2.24) is 5.32 Å². The fourth-order valence-corrected chi connectivity index (χ4v) is 2.75. The number of hydrogen-bond acceptors (Lipinski definition) is 2. The van der Waals surface area contributed by atoms with Crippen molar-refractivity contribution in [3.8, 4) is 5.75 Å². The summed E-state index contributed by atoms with van der Waals surface area (Å²) in [5, 5.41) is 3.79. The van der Waals surface area contributed by atoms with Gasteiger partial charge in [-0.15, -0.1) is 0 Å². The molecule has 2 heteroatoms. The molecule has 0 aromatic heterocycles. The number of rotatable bonds is 9. The molecule has 0 fully saturated rings. The fraction of sp³-hybridized carbons (Fsp3) is 0.667. The minimum absolute atomic E-state index is 0.332. The van der Waals surface area contributed by atoms with Gasteiger partial charge in [-0.3, -0.25) is 0 Å². The molecular weight excluding hydrogens is 246 g/mol. The highest BCUT2D eigenvalue weighted by molar-refractivity contribution is 5.38. The Morgan fingerprint density at radius 2 is 1.90 bits per heavy atom. The molecule has 1 aromatic rings. The molecule has 1 aromatic carbocycles. The zero-order valence-electron chi connectivity index (χ0n) is 13.8. The normalized spacial score (nSPS) is 14.1. The van der Waals surface area contributed by atoms with E-state index in [1.165, 1.54) is 43.2 Å². The molecule has 114 valence electrons. The molecule has 0 aliphatic heterocycles.